The maximum atomic E-state index is 12.6. The zero-order valence-electron chi connectivity index (χ0n) is 21.1. The minimum atomic E-state index is -0.453. The van der Waals surface area contributed by atoms with Crippen LogP contribution in [-0.2, 0) is 6.61 Å². The number of thiophene rings is 1. The zero-order chi connectivity index (χ0) is 27.5. The van der Waals surface area contributed by atoms with Crippen LogP contribution in [0.1, 0.15) is 32.2 Å². The highest BCUT2D eigenvalue weighted by Crippen LogP contribution is 2.29. The highest BCUT2D eigenvalue weighted by molar-refractivity contribution is 9.10. The number of nitrogens with zero attached hydrogens (tertiary/aromatic N) is 3. The molecule has 0 radical (unpaired) electrons. The predicted molar refractivity (Wildman–Crippen MR) is 157 cm³/mol. The Hall–Kier alpha value is -4.28. The van der Waals surface area contributed by atoms with Gasteiger partial charge in [-0.3, -0.25) is 14.9 Å². The summed E-state index contributed by atoms with van der Waals surface area (Å²) in [5.74, 6) is 0.409. The summed E-state index contributed by atoms with van der Waals surface area (Å²) >= 11 is 4.70. The van der Waals surface area contributed by atoms with Crippen molar-refractivity contribution in [3.8, 4) is 11.4 Å². The molecule has 0 fully saturated rings. The van der Waals surface area contributed by atoms with Gasteiger partial charge in [-0.05, 0) is 74.0 Å². The monoisotopic (exact) mass is 602 g/mol. The number of carbonyl (C=O) groups excluding carboxylic acids is 1. The summed E-state index contributed by atoms with van der Waals surface area (Å²) in [6, 6.07) is 24.1. The molecule has 3 aromatic carbocycles. The lowest BCUT2D eigenvalue weighted by Crippen LogP contribution is -2.16. The maximum absolute atomic E-state index is 12.6. The average Bonchev–Trinajstić information content (AvgIpc) is 3.48. The van der Waals surface area contributed by atoms with Gasteiger partial charge in [0.05, 0.1) is 16.0 Å². The second-order valence-corrected chi connectivity index (χ2v) is 10.9. The third-order valence-electron chi connectivity index (χ3n) is 6.19. The maximum Gasteiger partial charge on any atom is 0.281 e. The van der Waals surface area contributed by atoms with Gasteiger partial charge in [0.25, 0.3) is 11.6 Å². The first kappa shape index (κ1) is 26.3. The number of ether oxygens (including phenoxy) is 1. The first-order valence-electron chi connectivity index (χ1n) is 12.0. The van der Waals surface area contributed by atoms with Gasteiger partial charge in [-0.15, -0.1) is 11.3 Å². The Morgan fingerprint density at radius 3 is 2.54 bits per heavy atom. The van der Waals surface area contributed by atoms with Crippen molar-refractivity contribution in [3.05, 3.63) is 121 Å². The number of hydrogen-bond acceptors (Lipinski definition) is 6. The normalized spacial score (nSPS) is 11.3. The second-order valence-electron chi connectivity index (χ2n) is 8.86. The number of fused-ring (bicyclic) bond motifs is 1. The standard InChI is InChI=1S/C29H23BrN4O4S/c1-18-13-22(16-31-32-29(35)28-15-21-14-25(34(36)37)9-12-27(21)39-28)19(2)33(18)24-7-10-26(11-8-24)38-17-20-3-5-23(30)6-4-20/h3-16H,17H2,1-2H3,(H,32,35)/b31-16-. The predicted octanol–water partition coefficient (Wildman–Crippen LogP) is 7.32. The van der Waals surface area contributed by atoms with Crippen LogP contribution in [0.3, 0.4) is 0 Å². The van der Waals surface area contributed by atoms with E-state index in [-0.39, 0.29) is 11.6 Å². The van der Waals surface area contributed by atoms with E-state index in [1.165, 1.54) is 23.5 Å². The van der Waals surface area contributed by atoms with Crippen molar-refractivity contribution in [2.75, 3.05) is 0 Å². The van der Waals surface area contributed by atoms with Gasteiger partial charge in [-0.25, -0.2) is 5.43 Å². The number of aromatic nitrogens is 1. The van der Waals surface area contributed by atoms with Crippen molar-refractivity contribution in [2.45, 2.75) is 20.5 Å². The average molecular weight is 603 g/mol. The molecule has 0 atom stereocenters. The van der Waals surface area contributed by atoms with Gasteiger partial charge in [0.2, 0.25) is 0 Å². The van der Waals surface area contributed by atoms with E-state index >= 15 is 0 Å². The van der Waals surface area contributed by atoms with E-state index in [1.807, 2.05) is 68.4 Å². The Bertz CT molecular complexity index is 1710. The molecule has 10 heteroatoms. The van der Waals surface area contributed by atoms with Crippen LogP contribution < -0.4 is 10.2 Å². The molecule has 196 valence electrons. The lowest BCUT2D eigenvalue weighted by atomic mass is 10.2. The number of non-ortho nitro benzene ring substituents is 1. The molecule has 0 aliphatic carbocycles. The molecule has 2 heterocycles. The Morgan fingerprint density at radius 2 is 1.82 bits per heavy atom. The molecule has 39 heavy (non-hydrogen) atoms. The van der Waals surface area contributed by atoms with Crippen LogP contribution in [0.25, 0.3) is 15.8 Å². The Kier molecular flexibility index (Phi) is 7.58. The Morgan fingerprint density at radius 1 is 1.08 bits per heavy atom. The van der Waals surface area contributed by atoms with Gasteiger partial charge in [0.15, 0.2) is 0 Å². The molecular formula is C29H23BrN4O4S. The first-order valence-corrected chi connectivity index (χ1v) is 13.6. The zero-order valence-corrected chi connectivity index (χ0v) is 23.5. The smallest absolute Gasteiger partial charge is 0.281 e. The number of nitrogens with one attached hydrogen (secondary N) is 1. The second kappa shape index (κ2) is 11.2. The Labute approximate surface area is 236 Å². The van der Waals surface area contributed by atoms with Crippen LogP contribution in [0.15, 0.2) is 88.4 Å². The number of amides is 1. The van der Waals surface area contributed by atoms with E-state index in [1.54, 1.807) is 18.3 Å². The van der Waals surface area contributed by atoms with Crippen LogP contribution in [0.4, 0.5) is 5.69 Å². The van der Waals surface area contributed by atoms with Crippen LogP contribution in [0.2, 0.25) is 0 Å². The molecule has 8 nitrogen and oxygen atoms in total. The third kappa shape index (κ3) is 5.92. The van der Waals surface area contributed by atoms with Gasteiger partial charge < -0.3 is 9.30 Å². The topological polar surface area (TPSA) is 98.8 Å². The number of nitro groups is 1. The minimum absolute atomic E-state index is 0.0106. The van der Waals surface area contributed by atoms with E-state index in [4.69, 9.17) is 4.74 Å². The highest BCUT2D eigenvalue weighted by atomic mass is 79.9. The number of benzene rings is 3. The fraction of sp³-hybridized carbons (Fsp3) is 0.103. The lowest BCUT2D eigenvalue weighted by Gasteiger charge is -2.11. The number of hydrazone groups is 1. The fourth-order valence-corrected chi connectivity index (χ4v) is 5.42. The largest absolute Gasteiger partial charge is 0.489 e. The van der Waals surface area contributed by atoms with Crippen LogP contribution in [0, 0.1) is 24.0 Å². The summed E-state index contributed by atoms with van der Waals surface area (Å²) in [7, 11) is 0. The van der Waals surface area contributed by atoms with Crippen molar-refractivity contribution in [3.63, 3.8) is 0 Å². The molecule has 0 saturated carbocycles. The summed E-state index contributed by atoms with van der Waals surface area (Å²) in [4.78, 5) is 23.6. The fourth-order valence-electron chi connectivity index (χ4n) is 4.23. The van der Waals surface area contributed by atoms with Crippen LogP contribution in [0.5, 0.6) is 5.75 Å². The minimum Gasteiger partial charge on any atom is -0.489 e. The quantitative estimate of drug-likeness (QED) is 0.114. The molecule has 0 bridgehead atoms. The third-order valence-corrected chi connectivity index (χ3v) is 7.83. The van der Waals surface area contributed by atoms with Gasteiger partial charge >= 0.3 is 0 Å². The van der Waals surface area contributed by atoms with E-state index in [2.05, 4.69) is 31.0 Å². The number of rotatable bonds is 8. The summed E-state index contributed by atoms with van der Waals surface area (Å²) < 4.78 is 9.86. The molecule has 1 amide bonds. The van der Waals surface area contributed by atoms with E-state index < -0.39 is 4.92 Å². The summed E-state index contributed by atoms with van der Waals surface area (Å²) in [6.07, 6.45) is 1.62. The molecule has 5 rings (SSSR count). The number of hydrogen-bond donors (Lipinski definition) is 1. The van der Waals surface area contributed by atoms with E-state index in [9.17, 15) is 14.9 Å². The summed E-state index contributed by atoms with van der Waals surface area (Å²) in [5, 5.41) is 15.8. The molecule has 5 aromatic rings. The summed E-state index contributed by atoms with van der Waals surface area (Å²) in [5.41, 5.74) is 7.50. The SMILES string of the molecule is Cc1cc(/C=N\NC(=O)c2cc3cc([N+](=O)[O-])ccc3s2)c(C)n1-c1ccc(OCc2ccc(Br)cc2)cc1. The van der Waals surface area contributed by atoms with Gasteiger partial charge in [0.1, 0.15) is 12.4 Å². The molecule has 2 aromatic heterocycles. The molecule has 0 saturated heterocycles. The molecular weight excluding hydrogens is 580 g/mol. The molecule has 0 aliphatic rings. The molecule has 0 unspecified atom stereocenters. The van der Waals surface area contributed by atoms with E-state index in [0.29, 0.717) is 16.9 Å². The first-order chi connectivity index (χ1) is 18.8. The van der Waals surface area contributed by atoms with Crippen molar-refractivity contribution in [1.29, 1.82) is 0 Å². The van der Waals surface area contributed by atoms with Crippen molar-refractivity contribution < 1.29 is 14.5 Å². The van der Waals surface area contributed by atoms with Gasteiger partial charge in [0, 0.05) is 49.3 Å². The summed E-state index contributed by atoms with van der Waals surface area (Å²) in [6.45, 7) is 4.49. The lowest BCUT2D eigenvalue weighted by molar-refractivity contribution is -0.384. The molecule has 0 aliphatic heterocycles. The van der Waals surface area contributed by atoms with Crippen LogP contribution in [-0.4, -0.2) is 21.6 Å². The van der Waals surface area contributed by atoms with Crippen molar-refractivity contribution in [1.82, 2.24) is 9.99 Å². The number of halogens is 1. The van der Waals surface area contributed by atoms with Gasteiger partial charge in [-0.1, -0.05) is 28.1 Å². The van der Waals surface area contributed by atoms with Crippen molar-refractivity contribution in [2.24, 2.45) is 5.10 Å². The van der Waals surface area contributed by atoms with E-state index in [0.717, 1.165) is 43.1 Å². The number of carbonyl (C=O) groups is 1. The number of nitro benzene ring substituents is 1. The highest BCUT2D eigenvalue weighted by Gasteiger charge is 2.14. The van der Waals surface area contributed by atoms with Crippen molar-refractivity contribution >= 4 is 55.2 Å². The molecule has 1 N–H and O–H groups in total. The number of aryl methyl sites for hydroxylation is 1. The Balaban J connectivity index is 1.24. The van der Waals surface area contributed by atoms with Gasteiger partial charge in [-0.2, -0.15) is 5.10 Å². The molecule has 0 spiro atoms. The van der Waals surface area contributed by atoms with Crippen LogP contribution >= 0.6 is 27.3 Å².